The fourth-order valence-electron chi connectivity index (χ4n) is 1.86. The van der Waals surface area contributed by atoms with Crippen molar-refractivity contribution in [3.05, 3.63) is 12.7 Å². The number of hydrogen-bond donors (Lipinski definition) is 0. The van der Waals surface area contributed by atoms with Crippen LogP contribution in [0.15, 0.2) is 12.7 Å². The van der Waals surface area contributed by atoms with Gasteiger partial charge in [0.1, 0.15) is 25.5 Å². The van der Waals surface area contributed by atoms with Crippen LogP contribution in [0.3, 0.4) is 0 Å². The third kappa shape index (κ3) is 10.7. The zero-order valence-electron chi connectivity index (χ0n) is 16.1. The van der Waals surface area contributed by atoms with Crippen molar-refractivity contribution in [3.63, 3.8) is 0 Å². The van der Waals surface area contributed by atoms with E-state index in [4.69, 9.17) is 18.9 Å². The zero-order chi connectivity index (χ0) is 20.2. The van der Waals surface area contributed by atoms with Crippen LogP contribution in [0.1, 0.15) is 27.2 Å². The largest absolute Gasteiger partial charge is 0.468 e. The maximum Gasteiger partial charge on any atom is 0.410 e. The number of hydrogen-bond acceptors (Lipinski definition) is 8. The standard InChI is InChI=1S/C17H29NO8/c1-7-8-25-16(21)18(10-15(20)23-6)13(11-24-12-22-5)9-14(19)26-17(2,3)4/h7,13H,1,8-12H2,2-6H3/t13-/m0/s1. The fraction of sp³-hybridized carbons (Fsp3) is 0.706. The molecule has 0 rings (SSSR count). The molecular formula is C17H29NO8. The van der Waals surface area contributed by atoms with E-state index in [0.29, 0.717) is 0 Å². The van der Waals surface area contributed by atoms with Gasteiger partial charge in [-0.05, 0) is 20.8 Å². The summed E-state index contributed by atoms with van der Waals surface area (Å²) in [6.45, 7) is 8.09. The lowest BCUT2D eigenvalue weighted by Gasteiger charge is -2.30. The highest BCUT2D eigenvalue weighted by atomic mass is 16.7. The number of carbonyl (C=O) groups excluding carboxylic acids is 3. The third-order valence-electron chi connectivity index (χ3n) is 2.86. The molecule has 0 saturated heterocycles. The summed E-state index contributed by atoms with van der Waals surface area (Å²) < 4.78 is 25.0. The Morgan fingerprint density at radius 1 is 1.15 bits per heavy atom. The van der Waals surface area contributed by atoms with Gasteiger partial charge in [0, 0.05) is 7.11 Å². The summed E-state index contributed by atoms with van der Waals surface area (Å²) in [4.78, 5) is 37.2. The Hall–Kier alpha value is -2.13. The van der Waals surface area contributed by atoms with E-state index in [9.17, 15) is 14.4 Å². The van der Waals surface area contributed by atoms with E-state index in [1.165, 1.54) is 20.3 Å². The van der Waals surface area contributed by atoms with Crippen LogP contribution < -0.4 is 0 Å². The average Bonchev–Trinajstić information content (AvgIpc) is 2.54. The van der Waals surface area contributed by atoms with E-state index >= 15 is 0 Å². The van der Waals surface area contributed by atoms with Gasteiger partial charge in [-0.25, -0.2) is 4.79 Å². The summed E-state index contributed by atoms with van der Waals surface area (Å²) in [5.41, 5.74) is -0.689. The van der Waals surface area contributed by atoms with Crippen molar-refractivity contribution in [2.24, 2.45) is 0 Å². The molecule has 0 N–H and O–H groups in total. The minimum atomic E-state index is -0.809. The zero-order valence-corrected chi connectivity index (χ0v) is 16.1. The first-order valence-corrected chi connectivity index (χ1v) is 8.04. The van der Waals surface area contributed by atoms with Crippen LogP contribution in [-0.2, 0) is 33.3 Å². The number of carbonyl (C=O) groups is 3. The van der Waals surface area contributed by atoms with Crippen molar-refractivity contribution in [2.45, 2.75) is 38.8 Å². The van der Waals surface area contributed by atoms with Gasteiger partial charge in [-0.2, -0.15) is 0 Å². The Morgan fingerprint density at radius 2 is 1.81 bits per heavy atom. The fourth-order valence-corrected chi connectivity index (χ4v) is 1.86. The SMILES string of the molecule is C=CCOC(=O)N(CC(=O)OC)[C@H](COCOC)CC(=O)OC(C)(C)C. The molecule has 0 spiro atoms. The molecule has 0 saturated carbocycles. The van der Waals surface area contributed by atoms with Crippen LogP contribution >= 0.6 is 0 Å². The number of rotatable bonds is 11. The molecule has 150 valence electrons. The van der Waals surface area contributed by atoms with Crippen molar-refractivity contribution >= 4 is 18.0 Å². The second kappa shape index (κ2) is 12.3. The van der Waals surface area contributed by atoms with Crippen LogP contribution in [0.2, 0.25) is 0 Å². The lowest BCUT2D eigenvalue weighted by Crippen LogP contribution is -2.48. The van der Waals surface area contributed by atoms with Gasteiger partial charge < -0.3 is 23.7 Å². The van der Waals surface area contributed by atoms with Crippen molar-refractivity contribution in [1.29, 1.82) is 0 Å². The second-order valence-electron chi connectivity index (χ2n) is 6.29. The maximum absolute atomic E-state index is 12.3. The van der Waals surface area contributed by atoms with Crippen LogP contribution in [0.25, 0.3) is 0 Å². The van der Waals surface area contributed by atoms with Gasteiger partial charge in [0.15, 0.2) is 0 Å². The molecule has 0 radical (unpaired) electrons. The summed E-state index contributed by atoms with van der Waals surface area (Å²) in [5.74, 6) is -1.21. The number of amides is 1. The number of nitrogens with zero attached hydrogens (tertiary/aromatic N) is 1. The van der Waals surface area contributed by atoms with Gasteiger partial charge in [-0.3, -0.25) is 14.5 Å². The Kier molecular flexibility index (Phi) is 11.3. The minimum Gasteiger partial charge on any atom is -0.468 e. The Balaban J connectivity index is 5.31. The quantitative estimate of drug-likeness (QED) is 0.176. The lowest BCUT2D eigenvalue weighted by atomic mass is 10.1. The molecule has 1 atom stereocenters. The Bertz CT molecular complexity index is 472. The monoisotopic (exact) mass is 375 g/mol. The van der Waals surface area contributed by atoms with Crippen LogP contribution in [0, 0.1) is 0 Å². The van der Waals surface area contributed by atoms with E-state index in [1.807, 2.05) is 0 Å². The molecule has 9 heteroatoms. The highest BCUT2D eigenvalue weighted by Crippen LogP contribution is 2.14. The second-order valence-corrected chi connectivity index (χ2v) is 6.29. The molecular weight excluding hydrogens is 346 g/mol. The van der Waals surface area contributed by atoms with E-state index in [2.05, 4.69) is 11.3 Å². The molecule has 0 unspecified atom stereocenters. The number of methoxy groups -OCH3 is 2. The minimum absolute atomic E-state index is 0.0431. The molecule has 0 aliphatic rings. The molecule has 26 heavy (non-hydrogen) atoms. The molecule has 0 aromatic heterocycles. The molecule has 0 fully saturated rings. The summed E-state index contributed by atoms with van der Waals surface area (Å²) in [6, 6.07) is -0.809. The summed E-state index contributed by atoms with van der Waals surface area (Å²) in [6.07, 6.45) is 0.393. The molecule has 0 aromatic rings. The van der Waals surface area contributed by atoms with Gasteiger partial charge in [0.25, 0.3) is 0 Å². The van der Waals surface area contributed by atoms with Crippen LogP contribution in [0.5, 0.6) is 0 Å². The average molecular weight is 375 g/mol. The molecule has 0 heterocycles. The number of esters is 2. The normalized spacial score (nSPS) is 12.0. The van der Waals surface area contributed by atoms with Crippen molar-refractivity contribution < 1.29 is 38.1 Å². The van der Waals surface area contributed by atoms with Gasteiger partial charge in [0.05, 0.1) is 26.2 Å². The third-order valence-corrected chi connectivity index (χ3v) is 2.86. The Morgan fingerprint density at radius 3 is 2.31 bits per heavy atom. The summed E-state index contributed by atoms with van der Waals surface area (Å²) in [5, 5.41) is 0. The molecule has 0 bridgehead atoms. The van der Waals surface area contributed by atoms with Crippen LogP contribution in [-0.4, -0.2) is 75.3 Å². The van der Waals surface area contributed by atoms with E-state index in [0.717, 1.165) is 4.90 Å². The first kappa shape index (κ1) is 23.9. The first-order chi connectivity index (χ1) is 12.1. The maximum atomic E-state index is 12.3. The van der Waals surface area contributed by atoms with E-state index in [-0.39, 0.29) is 26.4 Å². The van der Waals surface area contributed by atoms with Crippen molar-refractivity contribution in [1.82, 2.24) is 4.90 Å². The summed E-state index contributed by atoms with van der Waals surface area (Å²) in [7, 11) is 2.63. The van der Waals surface area contributed by atoms with Gasteiger partial charge >= 0.3 is 18.0 Å². The smallest absolute Gasteiger partial charge is 0.410 e. The first-order valence-electron chi connectivity index (χ1n) is 8.04. The Labute approximate surface area is 154 Å². The highest BCUT2D eigenvalue weighted by molar-refractivity contribution is 5.79. The summed E-state index contributed by atoms with van der Waals surface area (Å²) >= 11 is 0. The lowest BCUT2D eigenvalue weighted by molar-refractivity contribution is -0.158. The van der Waals surface area contributed by atoms with Crippen LogP contribution in [0.4, 0.5) is 4.79 Å². The van der Waals surface area contributed by atoms with Gasteiger partial charge in [-0.1, -0.05) is 12.7 Å². The number of ether oxygens (including phenoxy) is 5. The van der Waals surface area contributed by atoms with E-state index < -0.39 is 36.2 Å². The molecule has 0 aliphatic carbocycles. The highest BCUT2D eigenvalue weighted by Gasteiger charge is 2.31. The van der Waals surface area contributed by atoms with E-state index in [1.54, 1.807) is 20.8 Å². The molecule has 1 amide bonds. The van der Waals surface area contributed by atoms with Gasteiger partial charge in [-0.15, -0.1) is 0 Å². The molecule has 9 nitrogen and oxygen atoms in total. The predicted molar refractivity (Wildman–Crippen MR) is 92.3 cm³/mol. The molecule has 0 aromatic carbocycles. The van der Waals surface area contributed by atoms with Gasteiger partial charge in [0.2, 0.25) is 0 Å². The van der Waals surface area contributed by atoms with Crippen molar-refractivity contribution in [3.8, 4) is 0 Å². The topological polar surface area (TPSA) is 101 Å². The predicted octanol–water partition coefficient (Wildman–Crippen LogP) is 1.50. The van der Waals surface area contributed by atoms with Crippen molar-refractivity contribution in [2.75, 3.05) is 40.8 Å². The molecule has 0 aliphatic heterocycles.